The Labute approximate surface area is 78.1 Å². The van der Waals surface area contributed by atoms with Crippen molar-refractivity contribution in [1.29, 1.82) is 0 Å². The SMILES string of the molecule is CC1CCOC(c2ccco2)CN1. The smallest absolute Gasteiger partial charge is 0.133 e. The third-order valence-corrected chi connectivity index (χ3v) is 2.38. The van der Waals surface area contributed by atoms with E-state index in [4.69, 9.17) is 9.15 Å². The van der Waals surface area contributed by atoms with E-state index < -0.39 is 0 Å². The second-order valence-corrected chi connectivity index (χ2v) is 3.47. The summed E-state index contributed by atoms with van der Waals surface area (Å²) in [6.45, 7) is 3.82. The third kappa shape index (κ3) is 2.11. The number of rotatable bonds is 1. The van der Waals surface area contributed by atoms with Gasteiger partial charge in [-0.2, -0.15) is 0 Å². The average molecular weight is 181 g/mol. The molecule has 0 aliphatic carbocycles. The van der Waals surface area contributed by atoms with Crippen molar-refractivity contribution in [3.63, 3.8) is 0 Å². The molecule has 2 heterocycles. The molecule has 0 amide bonds. The van der Waals surface area contributed by atoms with Crippen molar-refractivity contribution >= 4 is 0 Å². The van der Waals surface area contributed by atoms with Gasteiger partial charge in [0, 0.05) is 19.2 Å². The minimum Gasteiger partial charge on any atom is -0.467 e. The van der Waals surface area contributed by atoms with Crippen LogP contribution in [0.5, 0.6) is 0 Å². The molecular weight excluding hydrogens is 166 g/mol. The van der Waals surface area contributed by atoms with Gasteiger partial charge in [0.1, 0.15) is 11.9 Å². The lowest BCUT2D eigenvalue weighted by atomic mass is 10.2. The highest BCUT2D eigenvalue weighted by atomic mass is 16.5. The normalized spacial score (nSPS) is 29.9. The molecule has 0 bridgehead atoms. The maximum atomic E-state index is 5.66. The zero-order valence-electron chi connectivity index (χ0n) is 7.82. The molecule has 3 heteroatoms. The fourth-order valence-electron chi connectivity index (χ4n) is 1.51. The van der Waals surface area contributed by atoms with Gasteiger partial charge < -0.3 is 14.5 Å². The second-order valence-electron chi connectivity index (χ2n) is 3.47. The van der Waals surface area contributed by atoms with Crippen molar-refractivity contribution in [3.05, 3.63) is 24.2 Å². The van der Waals surface area contributed by atoms with Gasteiger partial charge in [0.2, 0.25) is 0 Å². The van der Waals surface area contributed by atoms with E-state index in [1.165, 1.54) is 0 Å². The highest BCUT2D eigenvalue weighted by Gasteiger charge is 2.19. The summed E-state index contributed by atoms with van der Waals surface area (Å²) in [5, 5.41) is 3.40. The Kier molecular flexibility index (Phi) is 2.66. The predicted molar refractivity (Wildman–Crippen MR) is 49.5 cm³/mol. The molecule has 2 atom stereocenters. The Hall–Kier alpha value is -0.800. The van der Waals surface area contributed by atoms with Crippen molar-refractivity contribution in [3.8, 4) is 0 Å². The molecule has 1 aromatic heterocycles. The van der Waals surface area contributed by atoms with Crippen LogP contribution < -0.4 is 5.32 Å². The average Bonchev–Trinajstić information content (AvgIpc) is 2.56. The fourth-order valence-corrected chi connectivity index (χ4v) is 1.51. The van der Waals surface area contributed by atoms with Crippen LogP contribution in [-0.2, 0) is 4.74 Å². The molecule has 0 spiro atoms. The molecule has 1 aliphatic rings. The summed E-state index contributed by atoms with van der Waals surface area (Å²) in [5.41, 5.74) is 0. The number of ether oxygens (including phenoxy) is 1. The van der Waals surface area contributed by atoms with Gasteiger partial charge in [-0.15, -0.1) is 0 Å². The molecular formula is C10H15NO2. The first kappa shape index (κ1) is 8.78. The minimum absolute atomic E-state index is 0.0833. The largest absolute Gasteiger partial charge is 0.467 e. The van der Waals surface area contributed by atoms with Gasteiger partial charge in [-0.05, 0) is 25.5 Å². The molecule has 72 valence electrons. The Morgan fingerprint density at radius 2 is 2.46 bits per heavy atom. The monoisotopic (exact) mass is 181 g/mol. The third-order valence-electron chi connectivity index (χ3n) is 2.38. The van der Waals surface area contributed by atoms with Gasteiger partial charge in [0.15, 0.2) is 0 Å². The van der Waals surface area contributed by atoms with Gasteiger partial charge in [0.25, 0.3) is 0 Å². The van der Waals surface area contributed by atoms with Crippen LogP contribution in [0.15, 0.2) is 22.8 Å². The minimum atomic E-state index is 0.0833. The molecule has 1 aromatic rings. The fraction of sp³-hybridized carbons (Fsp3) is 0.600. The van der Waals surface area contributed by atoms with Crippen molar-refractivity contribution in [2.45, 2.75) is 25.5 Å². The number of hydrogen-bond donors (Lipinski definition) is 1. The quantitative estimate of drug-likeness (QED) is 0.716. The summed E-state index contributed by atoms with van der Waals surface area (Å²) in [6, 6.07) is 4.40. The van der Waals surface area contributed by atoms with E-state index in [2.05, 4.69) is 12.2 Å². The highest BCUT2D eigenvalue weighted by Crippen LogP contribution is 2.19. The molecule has 2 rings (SSSR count). The lowest BCUT2D eigenvalue weighted by Crippen LogP contribution is -2.27. The molecule has 1 aliphatic heterocycles. The Morgan fingerprint density at radius 1 is 1.54 bits per heavy atom. The van der Waals surface area contributed by atoms with Crippen molar-refractivity contribution in [2.24, 2.45) is 0 Å². The van der Waals surface area contributed by atoms with Gasteiger partial charge >= 0.3 is 0 Å². The zero-order chi connectivity index (χ0) is 9.10. The molecule has 13 heavy (non-hydrogen) atoms. The van der Waals surface area contributed by atoms with Gasteiger partial charge in [0.05, 0.1) is 6.26 Å². The van der Waals surface area contributed by atoms with Gasteiger partial charge in [-0.3, -0.25) is 0 Å². The van der Waals surface area contributed by atoms with Gasteiger partial charge in [-0.1, -0.05) is 0 Å². The molecule has 1 fully saturated rings. The first-order valence-corrected chi connectivity index (χ1v) is 4.74. The number of hydrogen-bond acceptors (Lipinski definition) is 3. The summed E-state index contributed by atoms with van der Waals surface area (Å²) in [4.78, 5) is 0. The van der Waals surface area contributed by atoms with Crippen LogP contribution in [0.25, 0.3) is 0 Å². The summed E-state index contributed by atoms with van der Waals surface area (Å²) in [6.07, 6.45) is 2.84. The molecule has 1 saturated heterocycles. The second kappa shape index (κ2) is 3.94. The van der Waals surface area contributed by atoms with Crippen LogP contribution in [0.4, 0.5) is 0 Å². The predicted octanol–water partition coefficient (Wildman–Crippen LogP) is 1.72. The Bertz CT molecular complexity index is 245. The van der Waals surface area contributed by atoms with Crippen LogP contribution in [0.3, 0.4) is 0 Å². The highest BCUT2D eigenvalue weighted by molar-refractivity contribution is 5.03. The summed E-state index contributed by atoms with van der Waals surface area (Å²) in [5.74, 6) is 0.918. The number of furan rings is 1. The van der Waals surface area contributed by atoms with E-state index in [1.807, 2.05) is 12.1 Å². The summed E-state index contributed by atoms with van der Waals surface area (Å²) in [7, 11) is 0. The summed E-state index contributed by atoms with van der Waals surface area (Å²) < 4.78 is 11.0. The molecule has 0 saturated carbocycles. The number of nitrogens with one attached hydrogen (secondary N) is 1. The molecule has 1 N–H and O–H groups in total. The molecule has 0 aromatic carbocycles. The van der Waals surface area contributed by atoms with Crippen LogP contribution >= 0.6 is 0 Å². The van der Waals surface area contributed by atoms with Crippen LogP contribution in [-0.4, -0.2) is 19.2 Å². The molecule has 0 radical (unpaired) electrons. The standard InChI is InChI=1S/C10H15NO2/c1-8-4-6-13-10(7-11-8)9-3-2-5-12-9/h2-3,5,8,10-11H,4,6-7H2,1H3. The topological polar surface area (TPSA) is 34.4 Å². The lowest BCUT2D eigenvalue weighted by molar-refractivity contribution is 0.0510. The summed E-state index contributed by atoms with van der Waals surface area (Å²) >= 11 is 0. The first-order valence-electron chi connectivity index (χ1n) is 4.74. The zero-order valence-corrected chi connectivity index (χ0v) is 7.82. The van der Waals surface area contributed by atoms with Gasteiger partial charge in [-0.25, -0.2) is 0 Å². The van der Waals surface area contributed by atoms with Crippen LogP contribution in [0.1, 0.15) is 25.2 Å². The van der Waals surface area contributed by atoms with E-state index in [1.54, 1.807) is 6.26 Å². The maximum Gasteiger partial charge on any atom is 0.133 e. The first-order chi connectivity index (χ1) is 6.36. The van der Waals surface area contributed by atoms with E-state index in [0.29, 0.717) is 6.04 Å². The van der Waals surface area contributed by atoms with E-state index in [0.717, 1.165) is 25.3 Å². The van der Waals surface area contributed by atoms with E-state index in [-0.39, 0.29) is 6.10 Å². The van der Waals surface area contributed by atoms with Crippen molar-refractivity contribution < 1.29 is 9.15 Å². The van der Waals surface area contributed by atoms with Crippen molar-refractivity contribution in [2.75, 3.05) is 13.2 Å². The van der Waals surface area contributed by atoms with Crippen LogP contribution in [0, 0.1) is 0 Å². The lowest BCUT2D eigenvalue weighted by Gasteiger charge is -2.12. The van der Waals surface area contributed by atoms with Crippen LogP contribution in [0.2, 0.25) is 0 Å². The molecule has 3 nitrogen and oxygen atoms in total. The van der Waals surface area contributed by atoms with E-state index >= 15 is 0 Å². The van der Waals surface area contributed by atoms with E-state index in [9.17, 15) is 0 Å². The molecule has 2 unspecified atom stereocenters. The Balaban J connectivity index is 2.00. The Morgan fingerprint density at radius 3 is 3.23 bits per heavy atom. The van der Waals surface area contributed by atoms with Crippen molar-refractivity contribution in [1.82, 2.24) is 5.32 Å². The maximum absolute atomic E-state index is 5.66.